The molecule has 106 valence electrons. The Labute approximate surface area is 125 Å². The van der Waals surface area contributed by atoms with E-state index >= 15 is 0 Å². The molecular weight excluding hydrogens is 295 g/mol. The zero-order chi connectivity index (χ0) is 15.0. The van der Waals surface area contributed by atoms with Crippen molar-refractivity contribution < 1.29 is 14.0 Å². The summed E-state index contributed by atoms with van der Waals surface area (Å²) in [4.78, 5) is 25.5. The number of hydrogen-bond donors (Lipinski definition) is 1. The first-order valence-electron chi connectivity index (χ1n) is 6.22. The number of halogens is 2. The highest BCUT2D eigenvalue weighted by Crippen LogP contribution is 2.31. The summed E-state index contributed by atoms with van der Waals surface area (Å²) in [5.41, 5.74) is 0.887. The number of nitrogens with one attached hydrogen (secondary N) is 1. The maximum Gasteiger partial charge on any atom is 0.261 e. The lowest BCUT2D eigenvalue weighted by Gasteiger charge is -2.29. The number of rotatable bonds is 1. The van der Waals surface area contributed by atoms with E-state index in [1.165, 1.54) is 23.1 Å². The number of benzene rings is 2. The van der Waals surface area contributed by atoms with Gasteiger partial charge in [-0.1, -0.05) is 29.8 Å². The Morgan fingerprint density at radius 1 is 1.19 bits per heavy atom. The molecule has 2 aromatic rings. The monoisotopic (exact) mass is 304 g/mol. The van der Waals surface area contributed by atoms with Gasteiger partial charge < -0.3 is 5.32 Å². The Balaban J connectivity index is 2.06. The summed E-state index contributed by atoms with van der Waals surface area (Å²) in [6.45, 7) is -0.165. The van der Waals surface area contributed by atoms with Crippen molar-refractivity contribution in [2.45, 2.75) is 0 Å². The van der Waals surface area contributed by atoms with Crippen molar-refractivity contribution in [2.75, 3.05) is 16.8 Å². The van der Waals surface area contributed by atoms with E-state index in [1.807, 2.05) is 0 Å². The zero-order valence-electron chi connectivity index (χ0n) is 10.8. The Bertz CT molecular complexity index is 748. The second kappa shape index (κ2) is 5.18. The molecule has 21 heavy (non-hydrogen) atoms. The average molecular weight is 305 g/mol. The number of fused-ring (bicyclic) bond motifs is 1. The Kier molecular flexibility index (Phi) is 3.35. The molecule has 1 aliphatic heterocycles. The third kappa shape index (κ3) is 2.36. The highest BCUT2D eigenvalue weighted by atomic mass is 35.5. The van der Waals surface area contributed by atoms with Crippen LogP contribution < -0.4 is 10.2 Å². The molecule has 0 radical (unpaired) electrons. The maximum absolute atomic E-state index is 14.0. The fraction of sp³-hybridized carbons (Fsp3) is 0.0667. The Morgan fingerprint density at radius 3 is 2.76 bits per heavy atom. The first-order chi connectivity index (χ1) is 10.1. The van der Waals surface area contributed by atoms with Crippen molar-refractivity contribution in [1.29, 1.82) is 0 Å². The first kappa shape index (κ1) is 13.6. The molecule has 0 aliphatic carbocycles. The molecule has 6 heteroatoms. The van der Waals surface area contributed by atoms with Gasteiger partial charge in [0.1, 0.15) is 6.54 Å². The van der Waals surface area contributed by atoms with Crippen molar-refractivity contribution in [2.24, 2.45) is 0 Å². The van der Waals surface area contributed by atoms with Gasteiger partial charge in [0.2, 0.25) is 5.91 Å². The summed E-state index contributed by atoms with van der Waals surface area (Å²) in [6, 6.07) is 11.1. The minimum absolute atomic E-state index is 0.129. The predicted molar refractivity (Wildman–Crippen MR) is 78.2 cm³/mol. The molecule has 3 rings (SSSR count). The molecule has 4 nitrogen and oxygen atoms in total. The van der Waals surface area contributed by atoms with E-state index in [4.69, 9.17) is 11.6 Å². The topological polar surface area (TPSA) is 49.4 Å². The lowest BCUT2D eigenvalue weighted by atomic mass is 10.1. The van der Waals surface area contributed by atoms with Crippen LogP contribution in [0.3, 0.4) is 0 Å². The van der Waals surface area contributed by atoms with Gasteiger partial charge in [-0.3, -0.25) is 14.5 Å². The summed E-state index contributed by atoms with van der Waals surface area (Å²) >= 11 is 5.70. The molecule has 0 unspecified atom stereocenters. The molecule has 1 aliphatic rings. The molecule has 2 aromatic carbocycles. The van der Waals surface area contributed by atoms with Crippen LogP contribution in [0.15, 0.2) is 42.5 Å². The van der Waals surface area contributed by atoms with Gasteiger partial charge in [0.25, 0.3) is 5.91 Å². The van der Waals surface area contributed by atoms with Crippen LogP contribution in [0.25, 0.3) is 0 Å². The van der Waals surface area contributed by atoms with E-state index < -0.39 is 11.7 Å². The Hall–Kier alpha value is -2.40. The summed E-state index contributed by atoms with van der Waals surface area (Å²) < 4.78 is 14.0. The second-order valence-electron chi connectivity index (χ2n) is 4.56. The van der Waals surface area contributed by atoms with Crippen LogP contribution in [-0.2, 0) is 4.79 Å². The van der Waals surface area contributed by atoms with E-state index in [2.05, 4.69) is 5.32 Å². The van der Waals surface area contributed by atoms with Crippen molar-refractivity contribution in [1.82, 2.24) is 0 Å². The van der Waals surface area contributed by atoms with Crippen molar-refractivity contribution in [3.63, 3.8) is 0 Å². The van der Waals surface area contributed by atoms with E-state index in [0.29, 0.717) is 11.4 Å². The van der Waals surface area contributed by atoms with E-state index in [-0.39, 0.29) is 23.0 Å². The van der Waals surface area contributed by atoms with E-state index in [1.54, 1.807) is 24.3 Å². The van der Waals surface area contributed by atoms with Crippen LogP contribution in [0, 0.1) is 5.82 Å². The lowest BCUT2D eigenvalue weighted by Crippen LogP contribution is -2.42. The number of anilines is 2. The van der Waals surface area contributed by atoms with Crippen molar-refractivity contribution in [3.8, 4) is 0 Å². The maximum atomic E-state index is 14.0. The minimum atomic E-state index is -0.785. The average Bonchev–Trinajstić information content (AvgIpc) is 2.48. The summed E-state index contributed by atoms with van der Waals surface area (Å²) in [7, 11) is 0. The van der Waals surface area contributed by atoms with Gasteiger partial charge in [-0.25, -0.2) is 4.39 Å². The molecule has 0 spiro atoms. The highest BCUT2D eigenvalue weighted by Gasteiger charge is 2.29. The first-order valence-corrected chi connectivity index (χ1v) is 6.60. The second-order valence-corrected chi connectivity index (χ2v) is 4.97. The summed E-state index contributed by atoms with van der Waals surface area (Å²) in [5, 5.41) is 2.54. The fourth-order valence-electron chi connectivity index (χ4n) is 2.23. The number of nitrogens with zero attached hydrogens (tertiary/aromatic N) is 1. The van der Waals surface area contributed by atoms with Crippen molar-refractivity contribution >= 4 is 34.8 Å². The molecule has 0 fully saturated rings. The SMILES string of the molecule is O=C1CN(C(=O)c2cccc(Cl)c2F)c2ccccc2N1. The fourth-order valence-corrected chi connectivity index (χ4v) is 2.40. The van der Waals surface area contributed by atoms with Crippen LogP contribution in [0.1, 0.15) is 10.4 Å². The largest absolute Gasteiger partial charge is 0.323 e. The molecule has 1 heterocycles. The van der Waals surface area contributed by atoms with Gasteiger partial charge in [0, 0.05) is 0 Å². The molecule has 0 bridgehead atoms. The highest BCUT2D eigenvalue weighted by molar-refractivity contribution is 6.31. The third-order valence-electron chi connectivity index (χ3n) is 3.20. The van der Waals surface area contributed by atoms with Gasteiger partial charge in [-0.05, 0) is 24.3 Å². The molecule has 0 saturated carbocycles. The predicted octanol–water partition coefficient (Wildman–Crippen LogP) is 3.08. The number of carbonyl (C=O) groups is 2. The van der Waals surface area contributed by atoms with Crippen molar-refractivity contribution in [3.05, 3.63) is 58.9 Å². The van der Waals surface area contributed by atoms with Crippen LogP contribution >= 0.6 is 11.6 Å². The van der Waals surface area contributed by atoms with Gasteiger partial charge in [-0.2, -0.15) is 0 Å². The summed E-state index contributed by atoms with van der Waals surface area (Å²) in [6.07, 6.45) is 0. The molecule has 2 amide bonds. The molecule has 0 aromatic heterocycles. The normalized spacial score (nSPS) is 13.6. The zero-order valence-corrected chi connectivity index (χ0v) is 11.5. The van der Waals surface area contributed by atoms with Crippen LogP contribution in [0.4, 0.5) is 15.8 Å². The standard InChI is InChI=1S/C15H10ClFN2O2/c16-10-5-3-4-9(14(10)17)15(21)19-8-13(20)18-11-6-1-2-7-12(11)19/h1-7H,8H2,(H,18,20). The molecule has 1 N–H and O–H groups in total. The molecule has 0 atom stereocenters. The van der Waals surface area contributed by atoms with Gasteiger partial charge >= 0.3 is 0 Å². The number of carbonyl (C=O) groups excluding carboxylic acids is 2. The molecule has 0 saturated heterocycles. The van der Waals surface area contributed by atoms with Crippen LogP contribution in [-0.4, -0.2) is 18.4 Å². The smallest absolute Gasteiger partial charge is 0.261 e. The number of hydrogen-bond acceptors (Lipinski definition) is 2. The van der Waals surface area contributed by atoms with E-state index in [9.17, 15) is 14.0 Å². The third-order valence-corrected chi connectivity index (χ3v) is 3.49. The Morgan fingerprint density at radius 2 is 1.95 bits per heavy atom. The van der Waals surface area contributed by atoms with Gasteiger partial charge in [0.05, 0.1) is 22.0 Å². The minimum Gasteiger partial charge on any atom is -0.323 e. The van der Waals surface area contributed by atoms with Gasteiger partial charge in [0.15, 0.2) is 5.82 Å². The van der Waals surface area contributed by atoms with E-state index in [0.717, 1.165) is 0 Å². The number of para-hydroxylation sites is 2. The molecular formula is C15H10ClFN2O2. The van der Waals surface area contributed by atoms with Crippen LogP contribution in [0.2, 0.25) is 5.02 Å². The number of amides is 2. The quantitative estimate of drug-likeness (QED) is 0.880. The van der Waals surface area contributed by atoms with Gasteiger partial charge in [-0.15, -0.1) is 0 Å². The lowest BCUT2D eigenvalue weighted by molar-refractivity contribution is -0.115. The van der Waals surface area contributed by atoms with Crippen LogP contribution in [0.5, 0.6) is 0 Å². The summed E-state index contributed by atoms with van der Waals surface area (Å²) in [5.74, 6) is -1.71.